The first-order valence-electron chi connectivity index (χ1n) is 6.35. The topological polar surface area (TPSA) is 74.7 Å². The Morgan fingerprint density at radius 2 is 2.10 bits per heavy atom. The van der Waals surface area contributed by atoms with Gasteiger partial charge in [-0.3, -0.25) is 4.79 Å². The van der Waals surface area contributed by atoms with Crippen molar-refractivity contribution in [1.29, 1.82) is 0 Å². The van der Waals surface area contributed by atoms with Crippen LogP contribution in [-0.4, -0.2) is 36.4 Å². The number of piperidine rings is 1. The Morgan fingerprint density at radius 3 is 2.75 bits per heavy atom. The summed E-state index contributed by atoms with van der Waals surface area (Å²) in [5.74, 6) is -1.08. The molecule has 0 amide bonds. The predicted octanol–water partition coefficient (Wildman–Crippen LogP) is 2.39. The largest absolute Gasteiger partial charge is 0.480 e. The monoisotopic (exact) mass is 361 g/mol. The van der Waals surface area contributed by atoms with E-state index in [1.54, 1.807) is 19.1 Å². The number of carboxylic acids is 1. The lowest BCUT2D eigenvalue weighted by atomic mass is 10.1. The number of benzene rings is 1. The number of carboxylic acid groups (broad SMARTS) is 1. The third-order valence-electron chi connectivity index (χ3n) is 3.48. The van der Waals surface area contributed by atoms with E-state index in [-0.39, 0.29) is 11.4 Å². The van der Waals surface area contributed by atoms with Crippen molar-refractivity contribution in [3.63, 3.8) is 0 Å². The Balaban J connectivity index is 2.47. The van der Waals surface area contributed by atoms with Gasteiger partial charge in [0, 0.05) is 11.0 Å². The van der Waals surface area contributed by atoms with Gasteiger partial charge in [-0.1, -0.05) is 22.0 Å². The molecule has 1 saturated heterocycles. The molecule has 0 bridgehead atoms. The van der Waals surface area contributed by atoms with Gasteiger partial charge >= 0.3 is 5.97 Å². The van der Waals surface area contributed by atoms with Gasteiger partial charge in [0.05, 0.1) is 4.90 Å². The average molecular weight is 362 g/mol. The van der Waals surface area contributed by atoms with Crippen molar-refractivity contribution in [3.05, 3.63) is 28.2 Å². The lowest BCUT2D eigenvalue weighted by molar-refractivity contribution is -0.142. The van der Waals surface area contributed by atoms with Crippen LogP contribution in [0.3, 0.4) is 0 Å². The van der Waals surface area contributed by atoms with Crippen molar-refractivity contribution in [3.8, 4) is 0 Å². The van der Waals surface area contributed by atoms with E-state index >= 15 is 0 Å². The van der Waals surface area contributed by atoms with Gasteiger partial charge in [0.1, 0.15) is 6.04 Å². The van der Waals surface area contributed by atoms with Crippen LogP contribution < -0.4 is 0 Å². The zero-order chi connectivity index (χ0) is 14.9. The fraction of sp³-hybridized carbons (Fsp3) is 0.462. The van der Waals surface area contributed by atoms with Gasteiger partial charge in [-0.2, -0.15) is 4.31 Å². The van der Waals surface area contributed by atoms with E-state index in [1.165, 1.54) is 6.07 Å². The number of carbonyl (C=O) groups is 1. The standard InChI is InChI=1S/C13H16BrNO4S/c1-9-5-6-10(14)8-12(9)20(18,19)15-7-3-2-4-11(15)13(16)17/h5-6,8,11H,2-4,7H2,1H3,(H,16,17)/t11-/m1/s1. The van der Waals surface area contributed by atoms with Crippen LogP contribution in [0, 0.1) is 6.92 Å². The molecule has 0 aliphatic carbocycles. The summed E-state index contributed by atoms with van der Waals surface area (Å²) in [4.78, 5) is 11.4. The fourth-order valence-corrected chi connectivity index (χ4v) is 4.83. The van der Waals surface area contributed by atoms with Crippen LogP contribution in [0.1, 0.15) is 24.8 Å². The molecule has 1 aliphatic heterocycles. The van der Waals surface area contributed by atoms with Crippen LogP contribution in [0.25, 0.3) is 0 Å². The van der Waals surface area contributed by atoms with Gasteiger partial charge < -0.3 is 5.11 Å². The summed E-state index contributed by atoms with van der Waals surface area (Å²) in [6.07, 6.45) is 1.79. The minimum atomic E-state index is -3.79. The van der Waals surface area contributed by atoms with Crippen LogP contribution in [-0.2, 0) is 14.8 Å². The molecule has 0 radical (unpaired) electrons. The number of halogens is 1. The normalized spacial score (nSPS) is 20.8. The minimum Gasteiger partial charge on any atom is -0.480 e. The van der Waals surface area contributed by atoms with Crippen molar-refractivity contribution in [2.75, 3.05) is 6.54 Å². The molecule has 0 spiro atoms. The smallest absolute Gasteiger partial charge is 0.322 e. The second kappa shape index (κ2) is 5.83. The summed E-state index contributed by atoms with van der Waals surface area (Å²) in [7, 11) is -3.79. The maximum absolute atomic E-state index is 12.7. The van der Waals surface area contributed by atoms with Gasteiger partial charge in [0.2, 0.25) is 10.0 Å². The van der Waals surface area contributed by atoms with Gasteiger partial charge in [0.15, 0.2) is 0 Å². The summed E-state index contributed by atoms with van der Waals surface area (Å²) < 4.78 is 27.2. The summed E-state index contributed by atoms with van der Waals surface area (Å²) in [6.45, 7) is 1.96. The average Bonchev–Trinajstić information content (AvgIpc) is 2.41. The molecule has 1 aromatic rings. The lowest BCUT2D eigenvalue weighted by Gasteiger charge is -2.32. The third-order valence-corrected chi connectivity index (χ3v) is 6.02. The summed E-state index contributed by atoms with van der Waals surface area (Å²) in [6, 6.07) is 4.03. The Hall–Kier alpha value is -0.920. The predicted molar refractivity (Wildman–Crippen MR) is 78.0 cm³/mol. The molecule has 7 heteroatoms. The van der Waals surface area contributed by atoms with E-state index in [1.807, 2.05) is 0 Å². The molecule has 1 atom stereocenters. The van der Waals surface area contributed by atoms with Crippen LogP contribution in [0.4, 0.5) is 0 Å². The number of aliphatic carboxylic acids is 1. The highest BCUT2D eigenvalue weighted by Crippen LogP contribution is 2.29. The van der Waals surface area contributed by atoms with Gasteiger partial charge in [-0.25, -0.2) is 8.42 Å². The first kappa shape index (κ1) is 15.5. The first-order chi connectivity index (χ1) is 9.34. The maximum atomic E-state index is 12.7. The van der Waals surface area contributed by atoms with Gasteiger partial charge in [-0.15, -0.1) is 0 Å². The summed E-state index contributed by atoms with van der Waals surface area (Å²) in [5.41, 5.74) is 0.614. The molecule has 1 heterocycles. The van der Waals surface area contributed by atoms with Crippen LogP contribution in [0.2, 0.25) is 0 Å². The second-order valence-corrected chi connectivity index (χ2v) is 7.65. The Labute approximate surface area is 126 Å². The number of hydrogen-bond acceptors (Lipinski definition) is 3. The number of hydrogen-bond donors (Lipinski definition) is 1. The van der Waals surface area contributed by atoms with E-state index in [9.17, 15) is 18.3 Å². The molecule has 1 N–H and O–H groups in total. The first-order valence-corrected chi connectivity index (χ1v) is 8.58. The van der Waals surface area contributed by atoms with Crippen molar-refractivity contribution >= 4 is 31.9 Å². The molecule has 0 saturated carbocycles. The maximum Gasteiger partial charge on any atom is 0.322 e. The molecule has 1 aromatic carbocycles. The molecule has 110 valence electrons. The highest BCUT2D eigenvalue weighted by molar-refractivity contribution is 9.10. The van der Waals surface area contributed by atoms with E-state index in [0.717, 1.165) is 10.7 Å². The molecule has 1 aliphatic rings. The van der Waals surface area contributed by atoms with Crippen LogP contribution in [0.5, 0.6) is 0 Å². The number of nitrogens with zero attached hydrogens (tertiary/aromatic N) is 1. The van der Waals surface area contributed by atoms with E-state index < -0.39 is 22.0 Å². The second-order valence-electron chi connectivity index (χ2n) is 4.88. The molecular formula is C13H16BrNO4S. The molecule has 0 aromatic heterocycles. The molecule has 0 unspecified atom stereocenters. The van der Waals surface area contributed by atoms with Crippen molar-refractivity contribution in [1.82, 2.24) is 4.31 Å². The number of aryl methyl sites for hydroxylation is 1. The highest BCUT2D eigenvalue weighted by Gasteiger charge is 2.38. The molecule has 1 fully saturated rings. The van der Waals surface area contributed by atoms with Gasteiger partial charge in [-0.05, 0) is 43.9 Å². The third kappa shape index (κ3) is 2.89. The zero-order valence-electron chi connectivity index (χ0n) is 11.0. The summed E-state index contributed by atoms with van der Waals surface area (Å²) in [5, 5.41) is 9.23. The van der Waals surface area contributed by atoms with E-state index in [4.69, 9.17) is 0 Å². The SMILES string of the molecule is Cc1ccc(Br)cc1S(=O)(=O)N1CCCC[C@@H]1C(=O)O. The van der Waals surface area contributed by atoms with Crippen LogP contribution in [0.15, 0.2) is 27.6 Å². The summed E-state index contributed by atoms with van der Waals surface area (Å²) >= 11 is 3.26. The molecule has 20 heavy (non-hydrogen) atoms. The highest BCUT2D eigenvalue weighted by atomic mass is 79.9. The molecular weight excluding hydrogens is 346 g/mol. The van der Waals surface area contributed by atoms with Crippen molar-refractivity contribution in [2.45, 2.75) is 37.1 Å². The lowest BCUT2D eigenvalue weighted by Crippen LogP contribution is -2.47. The molecule has 5 nitrogen and oxygen atoms in total. The Kier molecular flexibility index (Phi) is 4.51. The Morgan fingerprint density at radius 1 is 1.40 bits per heavy atom. The van der Waals surface area contributed by atoms with Gasteiger partial charge in [0.25, 0.3) is 0 Å². The Bertz CT molecular complexity index is 629. The van der Waals surface area contributed by atoms with Crippen molar-refractivity contribution < 1.29 is 18.3 Å². The number of sulfonamides is 1. The van der Waals surface area contributed by atoms with Crippen molar-refractivity contribution in [2.24, 2.45) is 0 Å². The van der Waals surface area contributed by atoms with E-state index in [0.29, 0.717) is 22.9 Å². The quantitative estimate of drug-likeness (QED) is 0.896. The molecule has 2 rings (SSSR count). The van der Waals surface area contributed by atoms with Crippen LogP contribution >= 0.6 is 15.9 Å². The zero-order valence-corrected chi connectivity index (χ0v) is 13.4. The fourth-order valence-electron chi connectivity index (χ4n) is 2.42. The number of rotatable bonds is 3. The van der Waals surface area contributed by atoms with E-state index in [2.05, 4.69) is 15.9 Å². The minimum absolute atomic E-state index is 0.167.